The summed E-state index contributed by atoms with van der Waals surface area (Å²) in [6, 6.07) is 5.71. The Morgan fingerprint density at radius 2 is 2.00 bits per heavy atom. The van der Waals surface area contributed by atoms with E-state index in [4.69, 9.17) is 15.2 Å². The summed E-state index contributed by atoms with van der Waals surface area (Å²) in [5.74, 6) is 1.86. The molecule has 0 aliphatic rings. The molecule has 0 heterocycles. The summed E-state index contributed by atoms with van der Waals surface area (Å²) in [7, 11) is 3.23. The molecule has 0 bridgehead atoms. The van der Waals surface area contributed by atoms with Gasteiger partial charge in [-0.3, -0.25) is 0 Å². The predicted molar refractivity (Wildman–Crippen MR) is 101 cm³/mol. The second-order valence-corrected chi connectivity index (χ2v) is 5.59. The number of nitrogens with zero attached hydrogens (tertiary/aromatic N) is 1. The van der Waals surface area contributed by atoms with Crippen LogP contribution < -0.4 is 20.5 Å². The molecular weight excluding hydrogens is 401 g/mol. The van der Waals surface area contributed by atoms with Gasteiger partial charge < -0.3 is 20.5 Å². The van der Waals surface area contributed by atoms with Crippen LogP contribution in [0.15, 0.2) is 23.2 Å². The monoisotopic (exact) mass is 425 g/mol. The molecule has 1 unspecified atom stereocenters. The van der Waals surface area contributed by atoms with E-state index < -0.39 is 0 Å². The number of methoxy groups -OCH3 is 2. The Balaban J connectivity index is 0.00000400. The number of hydrogen-bond acceptors (Lipinski definition) is 4. The van der Waals surface area contributed by atoms with Gasteiger partial charge in [-0.1, -0.05) is 13.0 Å². The summed E-state index contributed by atoms with van der Waals surface area (Å²) in [6.07, 6.45) is 2.07. The Labute approximate surface area is 148 Å². The van der Waals surface area contributed by atoms with Gasteiger partial charge in [0.1, 0.15) is 0 Å². The Kier molecular flexibility index (Phi) is 10.4. The molecule has 1 aromatic rings. The molecule has 120 valence electrons. The van der Waals surface area contributed by atoms with Crippen molar-refractivity contribution in [1.29, 1.82) is 0 Å². The van der Waals surface area contributed by atoms with Crippen molar-refractivity contribution in [3.8, 4) is 11.5 Å². The normalized spacial score (nSPS) is 12.3. The molecule has 21 heavy (non-hydrogen) atoms. The van der Waals surface area contributed by atoms with Gasteiger partial charge >= 0.3 is 0 Å². The average molecular weight is 425 g/mol. The van der Waals surface area contributed by atoms with Gasteiger partial charge in [-0.25, -0.2) is 4.99 Å². The van der Waals surface area contributed by atoms with Gasteiger partial charge in [0.05, 0.1) is 20.8 Å². The first kappa shape index (κ1) is 20.2. The quantitative estimate of drug-likeness (QED) is 0.399. The molecule has 0 radical (unpaired) electrons. The molecule has 0 aliphatic heterocycles. The Morgan fingerprint density at radius 3 is 2.57 bits per heavy atom. The maximum absolute atomic E-state index is 5.82. The van der Waals surface area contributed by atoms with Crippen molar-refractivity contribution in [1.82, 2.24) is 5.32 Å². The van der Waals surface area contributed by atoms with Gasteiger partial charge in [-0.2, -0.15) is 11.8 Å². The number of nitrogens with one attached hydrogen (secondary N) is 1. The molecule has 1 atom stereocenters. The number of rotatable bonds is 7. The van der Waals surface area contributed by atoms with Crippen molar-refractivity contribution in [3.05, 3.63) is 23.8 Å². The van der Waals surface area contributed by atoms with Crippen LogP contribution in [0.5, 0.6) is 11.5 Å². The summed E-state index contributed by atoms with van der Waals surface area (Å²) in [5, 5.41) is 3.61. The van der Waals surface area contributed by atoms with E-state index in [0.29, 0.717) is 29.3 Å². The molecular formula is C14H24IN3O2S. The minimum absolute atomic E-state index is 0. The fraction of sp³-hybridized carbons (Fsp3) is 0.500. The maximum Gasteiger partial charge on any atom is 0.188 e. The fourth-order valence-electron chi connectivity index (χ4n) is 1.54. The summed E-state index contributed by atoms with van der Waals surface area (Å²) in [4.78, 5) is 4.31. The zero-order valence-corrected chi connectivity index (χ0v) is 16.0. The first-order chi connectivity index (χ1) is 9.60. The molecule has 0 aliphatic carbocycles. The molecule has 5 nitrogen and oxygen atoms in total. The molecule has 7 heteroatoms. The number of guanidine groups is 1. The number of nitrogens with two attached hydrogens (primary N) is 1. The van der Waals surface area contributed by atoms with Crippen molar-refractivity contribution in [2.24, 2.45) is 10.7 Å². The van der Waals surface area contributed by atoms with Crippen molar-refractivity contribution in [2.45, 2.75) is 18.7 Å². The number of halogens is 1. The highest BCUT2D eigenvalue weighted by Crippen LogP contribution is 2.27. The molecule has 0 fully saturated rings. The molecule has 1 rings (SSSR count). The molecule has 0 saturated heterocycles. The Bertz CT molecular complexity index is 458. The van der Waals surface area contributed by atoms with Crippen LogP contribution in [0.1, 0.15) is 12.5 Å². The molecule has 0 spiro atoms. The molecule has 0 aromatic heterocycles. The highest BCUT2D eigenvalue weighted by atomic mass is 127. The summed E-state index contributed by atoms with van der Waals surface area (Å²) >= 11 is 1.79. The van der Waals surface area contributed by atoms with Crippen LogP contribution in [0, 0.1) is 0 Å². The summed E-state index contributed by atoms with van der Waals surface area (Å²) in [5.41, 5.74) is 6.84. The number of ether oxygens (including phenoxy) is 2. The lowest BCUT2D eigenvalue weighted by Gasteiger charge is -2.11. The lowest BCUT2D eigenvalue weighted by Crippen LogP contribution is -2.35. The first-order valence-corrected chi connectivity index (χ1v) is 7.67. The van der Waals surface area contributed by atoms with E-state index in [1.165, 1.54) is 0 Å². The van der Waals surface area contributed by atoms with E-state index in [0.717, 1.165) is 12.1 Å². The smallest absolute Gasteiger partial charge is 0.188 e. The summed E-state index contributed by atoms with van der Waals surface area (Å²) < 4.78 is 10.4. The zero-order valence-electron chi connectivity index (χ0n) is 12.9. The van der Waals surface area contributed by atoms with E-state index >= 15 is 0 Å². The number of hydrogen-bond donors (Lipinski definition) is 2. The SMILES string of the molecule is COc1ccc(CN=C(N)NCC(C)SC)cc1OC.I. The lowest BCUT2D eigenvalue weighted by molar-refractivity contribution is 0.354. The van der Waals surface area contributed by atoms with E-state index in [2.05, 4.69) is 23.5 Å². The topological polar surface area (TPSA) is 68.9 Å². The predicted octanol–water partition coefficient (Wildman–Crippen LogP) is 2.48. The van der Waals surface area contributed by atoms with Gasteiger partial charge in [0, 0.05) is 11.8 Å². The van der Waals surface area contributed by atoms with Gasteiger partial charge in [-0.05, 0) is 24.0 Å². The number of aliphatic imine (C=N–C) groups is 1. The largest absolute Gasteiger partial charge is 0.493 e. The van der Waals surface area contributed by atoms with Gasteiger partial charge in [0.15, 0.2) is 17.5 Å². The van der Waals surface area contributed by atoms with Crippen LogP contribution in [0.3, 0.4) is 0 Å². The Morgan fingerprint density at radius 1 is 1.33 bits per heavy atom. The third-order valence-corrected chi connectivity index (χ3v) is 3.82. The molecule has 1 aromatic carbocycles. The van der Waals surface area contributed by atoms with Crippen LogP contribution in [-0.2, 0) is 6.54 Å². The van der Waals surface area contributed by atoms with Crippen molar-refractivity contribution in [2.75, 3.05) is 27.0 Å². The highest BCUT2D eigenvalue weighted by molar-refractivity contribution is 14.0. The first-order valence-electron chi connectivity index (χ1n) is 6.38. The second kappa shape index (κ2) is 10.8. The molecule has 0 amide bonds. The molecule has 0 saturated carbocycles. The van der Waals surface area contributed by atoms with Crippen LogP contribution >= 0.6 is 35.7 Å². The van der Waals surface area contributed by atoms with Crippen LogP contribution in [-0.4, -0.2) is 38.2 Å². The van der Waals surface area contributed by atoms with Gasteiger partial charge in [-0.15, -0.1) is 24.0 Å². The maximum atomic E-state index is 5.82. The van der Waals surface area contributed by atoms with Crippen LogP contribution in [0.2, 0.25) is 0 Å². The minimum atomic E-state index is 0. The van der Waals surface area contributed by atoms with Crippen LogP contribution in [0.4, 0.5) is 0 Å². The lowest BCUT2D eigenvalue weighted by atomic mass is 10.2. The van der Waals surface area contributed by atoms with E-state index in [9.17, 15) is 0 Å². The third kappa shape index (κ3) is 7.12. The second-order valence-electron chi connectivity index (χ2n) is 4.32. The average Bonchev–Trinajstić information content (AvgIpc) is 2.49. The van der Waals surface area contributed by atoms with E-state index in [1.54, 1.807) is 26.0 Å². The van der Waals surface area contributed by atoms with E-state index in [-0.39, 0.29) is 24.0 Å². The zero-order chi connectivity index (χ0) is 15.0. The Hall–Kier alpha value is -0.830. The number of thioether (sulfide) groups is 1. The van der Waals surface area contributed by atoms with Gasteiger partial charge in [0.2, 0.25) is 0 Å². The fourth-order valence-corrected chi connectivity index (χ4v) is 1.79. The van der Waals surface area contributed by atoms with Crippen molar-refractivity contribution in [3.63, 3.8) is 0 Å². The molecule has 3 N–H and O–H groups in total. The van der Waals surface area contributed by atoms with Crippen molar-refractivity contribution < 1.29 is 9.47 Å². The highest BCUT2D eigenvalue weighted by Gasteiger charge is 2.04. The number of benzene rings is 1. The third-order valence-electron chi connectivity index (χ3n) is 2.85. The van der Waals surface area contributed by atoms with E-state index in [1.807, 2.05) is 18.2 Å². The van der Waals surface area contributed by atoms with Gasteiger partial charge in [0.25, 0.3) is 0 Å². The standard InChI is InChI=1S/C14H23N3O2S.HI/c1-10(20-4)8-16-14(15)17-9-11-5-6-12(18-2)13(7-11)19-3;/h5-7,10H,8-9H2,1-4H3,(H3,15,16,17);1H. The summed E-state index contributed by atoms with van der Waals surface area (Å²) in [6.45, 7) is 3.45. The minimum Gasteiger partial charge on any atom is -0.493 e. The van der Waals surface area contributed by atoms with Crippen LogP contribution in [0.25, 0.3) is 0 Å². The van der Waals surface area contributed by atoms with Crippen molar-refractivity contribution >= 4 is 41.7 Å².